The van der Waals surface area contributed by atoms with Crippen LogP contribution in [0.4, 0.5) is 0 Å². The lowest BCUT2D eigenvalue weighted by atomic mass is 9.87. The molecule has 0 bridgehead atoms. The molecule has 0 aromatic carbocycles. The van der Waals surface area contributed by atoms with Crippen molar-refractivity contribution in [2.75, 3.05) is 52.5 Å². The molecule has 1 aliphatic carbocycles. The number of ether oxygens (including phenoxy) is 1. The van der Waals surface area contributed by atoms with Crippen molar-refractivity contribution in [3.8, 4) is 0 Å². The first kappa shape index (κ1) is 20.8. The molecule has 6 nitrogen and oxygen atoms in total. The number of morpholine rings is 1. The summed E-state index contributed by atoms with van der Waals surface area (Å²) in [5.74, 6) is 0.385. The fourth-order valence-corrected chi connectivity index (χ4v) is 5.77. The van der Waals surface area contributed by atoms with E-state index in [2.05, 4.69) is 16.3 Å². The van der Waals surface area contributed by atoms with E-state index in [4.69, 9.17) is 4.74 Å². The van der Waals surface area contributed by atoms with Crippen LogP contribution in [0.1, 0.15) is 52.2 Å². The first-order valence-corrected chi connectivity index (χ1v) is 12.0. The highest BCUT2D eigenvalue weighted by molar-refractivity contribution is 7.14. The van der Waals surface area contributed by atoms with Gasteiger partial charge in [-0.15, -0.1) is 11.3 Å². The third-order valence-electron chi connectivity index (χ3n) is 6.39. The van der Waals surface area contributed by atoms with Crippen molar-refractivity contribution < 1.29 is 14.3 Å². The van der Waals surface area contributed by atoms with Crippen LogP contribution in [0.25, 0.3) is 0 Å². The minimum Gasteiger partial charge on any atom is -0.379 e. The number of likely N-dealkylation sites (tertiary alicyclic amines) is 1. The maximum atomic E-state index is 12.9. The summed E-state index contributed by atoms with van der Waals surface area (Å²) in [7, 11) is 0. The van der Waals surface area contributed by atoms with E-state index in [0.29, 0.717) is 6.54 Å². The smallest absolute Gasteiger partial charge is 0.263 e. The van der Waals surface area contributed by atoms with Gasteiger partial charge in [0.1, 0.15) is 0 Å². The number of nitrogens with zero attached hydrogens (tertiary/aromatic N) is 2. The molecule has 2 fully saturated rings. The molecule has 0 unspecified atom stereocenters. The van der Waals surface area contributed by atoms with Crippen LogP contribution in [0.3, 0.4) is 0 Å². The van der Waals surface area contributed by atoms with Gasteiger partial charge in [-0.2, -0.15) is 0 Å². The van der Waals surface area contributed by atoms with Gasteiger partial charge in [-0.3, -0.25) is 14.5 Å². The SMILES string of the molecule is O=C(NCCN1CCOCC1)[C@@H]1CCc2sc(C(=O)N3CCCCCC3)cc2C1. The number of fused-ring (bicyclic) bond motifs is 1. The summed E-state index contributed by atoms with van der Waals surface area (Å²) < 4.78 is 5.36. The number of carbonyl (C=O) groups is 2. The Morgan fingerprint density at radius 3 is 2.62 bits per heavy atom. The second kappa shape index (κ2) is 10.0. The van der Waals surface area contributed by atoms with Crippen molar-refractivity contribution >= 4 is 23.2 Å². The maximum absolute atomic E-state index is 12.9. The number of thiophene rings is 1. The molecular weight excluding hydrogens is 386 g/mol. The van der Waals surface area contributed by atoms with E-state index in [1.165, 1.54) is 23.3 Å². The predicted molar refractivity (Wildman–Crippen MR) is 114 cm³/mol. The zero-order valence-corrected chi connectivity index (χ0v) is 18.1. The Labute approximate surface area is 177 Å². The molecule has 7 heteroatoms. The van der Waals surface area contributed by atoms with Gasteiger partial charge in [0.05, 0.1) is 18.1 Å². The maximum Gasteiger partial charge on any atom is 0.263 e. The number of carbonyl (C=O) groups excluding carboxylic acids is 2. The van der Waals surface area contributed by atoms with Crippen LogP contribution in [0, 0.1) is 5.92 Å². The zero-order chi connectivity index (χ0) is 20.1. The summed E-state index contributed by atoms with van der Waals surface area (Å²) in [5, 5.41) is 3.13. The zero-order valence-electron chi connectivity index (χ0n) is 17.3. The molecule has 2 aliphatic heterocycles. The summed E-state index contributed by atoms with van der Waals surface area (Å²) >= 11 is 1.65. The highest BCUT2D eigenvalue weighted by atomic mass is 32.1. The van der Waals surface area contributed by atoms with Gasteiger partial charge >= 0.3 is 0 Å². The number of aryl methyl sites for hydroxylation is 1. The van der Waals surface area contributed by atoms with Crippen LogP contribution < -0.4 is 5.32 Å². The second-order valence-corrected chi connectivity index (χ2v) is 9.59. The van der Waals surface area contributed by atoms with Gasteiger partial charge in [-0.25, -0.2) is 0 Å². The predicted octanol–water partition coefficient (Wildman–Crippen LogP) is 2.32. The van der Waals surface area contributed by atoms with Crippen LogP contribution in [-0.2, 0) is 22.4 Å². The first-order chi connectivity index (χ1) is 14.2. The summed E-state index contributed by atoms with van der Waals surface area (Å²) in [6.45, 7) is 6.83. The molecule has 3 heterocycles. The van der Waals surface area contributed by atoms with Gasteiger partial charge in [0.25, 0.3) is 5.91 Å². The molecule has 1 atom stereocenters. The van der Waals surface area contributed by atoms with Gasteiger partial charge in [-0.1, -0.05) is 12.8 Å². The average Bonchev–Trinajstić information content (AvgIpc) is 2.99. The Bertz CT molecular complexity index is 706. The standard InChI is InChI=1S/C22H33N3O3S/c26-21(23-7-10-24-11-13-28-14-12-24)17-5-6-19-18(15-17)16-20(29-19)22(27)25-8-3-1-2-4-9-25/h16-17H,1-15H2,(H,23,26)/t17-/m1/s1. The molecule has 0 saturated carbocycles. The third-order valence-corrected chi connectivity index (χ3v) is 7.61. The molecular formula is C22H33N3O3S. The molecule has 4 rings (SSSR count). The number of amides is 2. The summed E-state index contributed by atoms with van der Waals surface area (Å²) in [6.07, 6.45) is 7.25. The van der Waals surface area contributed by atoms with E-state index in [0.717, 1.165) is 82.9 Å². The van der Waals surface area contributed by atoms with Gasteiger partial charge in [-0.05, 0) is 43.7 Å². The molecule has 1 aromatic heterocycles. The molecule has 3 aliphatic rings. The largest absolute Gasteiger partial charge is 0.379 e. The fraction of sp³-hybridized carbons (Fsp3) is 0.727. The molecule has 1 N–H and O–H groups in total. The van der Waals surface area contributed by atoms with Crippen molar-refractivity contribution in [2.24, 2.45) is 5.92 Å². The highest BCUT2D eigenvalue weighted by Gasteiger charge is 2.28. The van der Waals surface area contributed by atoms with E-state index < -0.39 is 0 Å². The quantitative estimate of drug-likeness (QED) is 0.796. The van der Waals surface area contributed by atoms with E-state index in [-0.39, 0.29) is 17.7 Å². The molecule has 1 aromatic rings. The van der Waals surface area contributed by atoms with Gasteiger partial charge in [0, 0.05) is 50.1 Å². The topological polar surface area (TPSA) is 61.9 Å². The van der Waals surface area contributed by atoms with Crippen LogP contribution in [0.5, 0.6) is 0 Å². The van der Waals surface area contributed by atoms with Crippen molar-refractivity contribution in [3.05, 3.63) is 21.4 Å². The normalized spacial score (nSPS) is 23.3. The van der Waals surface area contributed by atoms with E-state index in [1.54, 1.807) is 11.3 Å². The van der Waals surface area contributed by atoms with Crippen molar-refractivity contribution in [1.82, 2.24) is 15.1 Å². The van der Waals surface area contributed by atoms with E-state index >= 15 is 0 Å². The van der Waals surface area contributed by atoms with E-state index in [9.17, 15) is 9.59 Å². The minimum absolute atomic E-state index is 0.0305. The van der Waals surface area contributed by atoms with Gasteiger partial charge < -0.3 is 15.0 Å². The third kappa shape index (κ3) is 5.38. The Morgan fingerprint density at radius 1 is 1.10 bits per heavy atom. The number of rotatable bonds is 5. The number of hydrogen-bond donors (Lipinski definition) is 1. The van der Waals surface area contributed by atoms with E-state index in [1.807, 2.05) is 4.90 Å². The van der Waals surface area contributed by atoms with Crippen LogP contribution in [0.2, 0.25) is 0 Å². The molecule has 2 amide bonds. The Kier molecular flexibility index (Phi) is 7.21. The number of nitrogens with one attached hydrogen (secondary N) is 1. The van der Waals surface area contributed by atoms with Gasteiger partial charge in [0.15, 0.2) is 0 Å². The molecule has 160 valence electrons. The van der Waals surface area contributed by atoms with Crippen LogP contribution >= 0.6 is 11.3 Å². The van der Waals surface area contributed by atoms with Crippen LogP contribution in [-0.4, -0.2) is 74.1 Å². The summed E-state index contributed by atoms with van der Waals surface area (Å²) in [5.41, 5.74) is 1.22. The lowest BCUT2D eigenvalue weighted by Gasteiger charge is -2.27. The fourth-order valence-electron chi connectivity index (χ4n) is 4.59. The van der Waals surface area contributed by atoms with Crippen molar-refractivity contribution in [3.63, 3.8) is 0 Å². The molecule has 0 radical (unpaired) electrons. The molecule has 0 spiro atoms. The highest BCUT2D eigenvalue weighted by Crippen LogP contribution is 2.33. The Balaban J connectivity index is 1.29. The summed E-state index contributed by atoms with van der Waals surface area (Å²) in [4.78, 5) is 32.1. The van der Waals surface area contributed by atoms with Crippen LogP contribution in [0.15, 0.2) is 6.07 Å². The van der Waals surface area contributed by atoms with Gasteiger partial charge in [0.2, 0.25) is 5.91 Å². The molecule has 29 heavy (non-hydrogen) atoms. The lowest BCUT2D eigenvalue weighted by Crippen LogP contribution is -2.43. The second-order valence-electron chi connectivity index (χ2n) is 8.45. The average molecular weight is 420 g/mol. The minimum atomic E-state index is 0.0305. The molecule has 2 saturated heterocycles. The van der Waals surface area contributed by atoms with Crippen molar-refractivity contribution in [2.45, 2.75) is 44.9 Å². The first-order valence-electron chi connectivity index (χ1n) is 11.2. The Morgan fingerprint density at radius 2 is 1.86 bits per heavy atom. The Hall–Kier alpha value is -1.44. The van der Waals surface area contributed by atoms with Crippen molar-refractivity contribution in [1.29, 1.82) is 0 Å². The summed E-state index contributed by atoms with van der Waals surface area (Å²) in [6, 6.07) is 2.07. The lowest BCUT2D eigenvalue weighted by molar-refractivity contribution is -0.125. The monoisotopic (exact) mass is 419 g/mol. The number of hydrogen-bond acceptors (Lipinski definition) is 5.